The van der Waals surface area contributed by atoms with E-state index in [2.05, 4.69) is 61.7 Å². The molecule has 7 N–H and O–H groups in total. The molecule has 1 amide bonds. The number of hydrazone groups is 1. The van der Waals surface area contributed by atoms with Crippen LogP contribution in [-0.4, -0.2) is 38.1 Å². The Kier molecular flexibility index (Phi) is 10.8. The normalized spacial score (nSPS) is 12.5. The second-order valence-electron chi connectivity index (χ2n) is 10.8. The van der Waals surface area contributed by atoms with Gasteiger partial charge in [0.15, 0.2) is 12.6 Å². The summed E-state index contributed by atoms with van der Waals surface area (Å²) in [6.07, 6.45) is 0.238. The molecule has 220 valence electrons. The number of hydrogen-bond acceptors (Lipinski definition) is 7. The molecule has 3 aromatic carbocycles. The molecule has 0 saturated carbocycles. The van der Waals surface area contributed by atoms with Crippen LogP contribution in [0.3, 0.4) is 0 Å². The van der Waals surface area contributed by atoms with Crippen molar-refractivity contribution in [3.05, 3.63) is 83.4 Å². The van der Waals surface area contributed by atoms with E-state index < -0.39 is 14.6 Å². The summed E-state index contributed by atoms with van der Waals surface area (Å²) in [5.74, 6) is 6.00. The van der Waals surface area contributed by atoms with Crippen LogP contribution in [0.5, 0.6) is 0 Å². The van der Waals surface area contributed by atoms with Crippen molar-refractivity contribution in [1.29, 1.82) is 0 Å². The number of nitrogens with zero attached hydrogens (tertiary/aromatic N) is 2. The lowest BCUT2D eigenvalue weighted by atomic mass is 9.98. The van der Waals surface area contributed by atoms with Crippen molar-refractivity contribution in [3.8, 4) is 11.1 Å². The van der Waals surface area contributed by atoms with Gasteiger partial charge in [-0.3, -0.25) is 9.32 Å². The molecule has 0 fully saturated rings. The average molecular weight is 600 g/mol. The fourth-order valence-electron chi connectivity index (χ4n) is 3.93. The van der Waals surface area contributed by atoms with Crippen LogP contribution in [0.1, 0.15) is 57.2 Å². The van der Waals surface area contributed by atoms with Crippen LogP contribution in [0.2, 0.25) is 0 Å². The van der Waals surface area contributed by atoms with Crippen molar-refractivity contribution in [2.24, 2.45) is 16.7 Å². The van der Waals surface area contributed by atoms with E-state index in [1.165, 1.54) is 5.56 Å². The highest BCUT2D eigenvalue weighted by Crippen LogP contribution is 2.39. The summed E-state index contributed by atoms with van der Waals surface area (Å²) in [6.45, 7) is 9.92. The summed E-state index contributed by atoms with van der Waals surface area (Å²) in [4.78, 5) is 31.9. The largest absolute Gasteiger partial charge is 0.471 e. The number of hydrazine groups is 1. The third-order valence-electron chi connectivity index (χ3n) is 5.79. The molecule has 0 radical (unpaired) electrons. The number of nitrogens with two attached hydrogens (primary N) is 2. The number of carbonyl (C=O) groups is 1. The van der Waals surface area contributed by atoms with E-state index in [-0.39, 0.29) is 22.9 Å². The van der Waals surface area contributed by atoms with Gasteiger partial charge in [-0.15, -0.1) is 16.9 Å². The maximum absolute atomic E-state index is 13.1. The molecule has 0 unspecified atom stereocenters. The van der Waals surface area contributed by atoms with Gasteiger partial charge in [0, 0.05) is 15.2 Å². The van der Waals surface area contributed by atoms with Gasteiger partial charge in [0.2, 0.25) is 5.91 Å². The van der Waals surface area contributed by atoms with Crippen molar-refractivity contribution in [2.45, 2.75) is 56.6 Å². The third-order valence-corrected chi connectivity index (χ3v) is 7.43. The Morgan fingerprint density at radius 2 is 1.76 bits per heavy atom. The first kappa shape index (κ1) is 32.3. The van der Waals surface area contributed by atoms with Crippen molar-refractivity contribution in [1.82, 2.24) is 5.12 Å². The van der Waals surface area contributed by atoms with E-state index >= 15 is 0 Å². The SMILES string of the molecule is CC(C)c1ccc(CC(=O)Nc2cc(-c3ccccc3/C(N)=N/N(N)COP(=O)(O)O)ccc2SC(C)(C)C)cc1. The number of amides is 1. The summed E-state index contributed by atoms with van der Waals surface area (Å²) in [5, 5.41) is 7.80. The van der Waals surface area contributed by atoms with Gasteiger partial charge in [0.25, 0.3) is 0 Å². The molecule has 0 aliphatic heterocycles. The van der Waals surface area contributed by atoms with Crippen molar-refractivity contribution in [3.63, 3.8) is 0 Å². The smallest absolute Gasteiger partial charge is 0.382 e. The monoisotopic (exact) mass is 599 g/mol. The zero-order valence-corrected chi connectivity index (χ0v) is 25.6. The van der Waals surface area contributed by atoms with Gasteiger partial charge < -0.3 is 20.8 Å². The Morgan fingerprint density at radius 3 is 2.37 bits per heavy atom. The molecule has 0 heterocycles. The minimum Gasteiger partial charge on any atom is -0.382 e. The summed E-state index contributed by atoms with van der Waals surface area (Å²) >= 11 is 1.65. The van der Waals surface area contributed by atoms with E-state index in [9.17, 15) is 9.36 Å². The number of nitrogens with one attached hydrogen (secondary N) is 1. The number of anilines is 1. The van der Waals surface area contributed by atoms with Crippen LogP contribution in [0.25, 0.3) is 11.1 Å². The number of hydrogen-bond donors (Lipinski definition) is 5. The summed E-state index contributed by atoms with van der Waals surface area (Å²) in [7, 11) is -4.73. The second kappa shape index (κ2) is 13.7. The van der Waals surface area contributed by atoms with Crippen molar-refractivity contribution < 1.29 is 23.7 Å². The molecule has 41 heavy (non-hydrogen) atoms. The topological polar surface area (TPSA) is 163 Å². The van der Waals surface area contributed by atoms with Crippen LogP contribution >= 0.6 is 19.6 Å². The Balaban J connectivity index is 1.92. The van der Waals surface area contributed by atoms with Crippen LogP contribution in [-0.2, 0) is 20.3 Å². The Labute approximate surface area is 245 Å². The molecule has 0 saturated heterocycles. The first-order valence-electron chi connectivity index (χ1n) is 13.0. The predicted octanol–water partition coefficient (Wildman–Crippen LogP) is 5.41. The fourth-order valence-corrected chi connectivity index (χ4v) is 5.21. The number of benzene rings is 3. The highest BCUT2D eigenvalue weighted by Gasteiger charge is 2.19. The Bertz CT molecular complexity index is 1430. The van der Waals surface area contributed by atoms with Crippen LogP contribution < -0.4 is 16.9 Å². The van der Waals surface area contributed by atoms with Gasteiger partial charge in [-0.2, -0.15) is 0 Å². The highest BCUT2D eigenvalue weighted by atomic mass is 32.2. The number of phosphoric ester groups is 1. The lowest BCUT2D eigenvalue weighted by molar-refractivity contribution is -0.115. The van der Waals surface area contributed by atoms with Gasteiger partial charge in [0.1, 0.15) is 0 Å². The van der Waals surface area contributed by atoms with E-state index in [4.69, 9.17) is 21.4 Å². The second-order valence-corrected chi connectivity index (χ2v) is 13.9. The third kappa shape index (κ3) is 10.3. The van der Waals surface area contributed by atoms with Gasteiger partial charge in [-0.05, 0) is 40.3 Å². The number of rotatable bonds is 11. The van der Waals surface area contributed by atoms with Crippen molar-refractivity contribution >= 4 is 37.0 Å². The summed E-state index contributed by atoms with van der Waals surface area (Å²) < 4.78 is 15.2. The molecule has 0 aliphatic rings. The maximum Gasteiger partial charge on any atom is 0.471 e. The highest BCUT2D eigenvalue weighted by molar-refractivity contribution is 8.00. The fraction of sp³-hybridized carbons (Fsp3) is 0.310. The van der Waals surface area contributed by atoms with Crippen LogP contribution in [0.4, 0.5) is 5.69 Å². The average Bonchev–Trinajstić information content (AvgIpc) is 2.87. The van der Waals surface area contributed by atoms with E-state index in [1.54, 1.807) is 23.9 Å². The van der Waals surface area contributed by atoms with Gasteiger partial charge in [-0.1, -0.05) is 89.2 Å². The first-order chi connectivity index (χ1) is 19.1. The Hall–Kier alpha value is -3.18. The van der Waals surface area contributed by atoms with E-state index in [1.807, 2.05) is 42.5 Å². The maximum atomic E-state index is 13.1. The molecule has 3 rings (SSSR count). The molecular formula is C29H38N5O5PS. The standard InChI is InChI=1S/C29H38N5O5PS/c1-19(2)21-12-10-20(11-13-21)16-27(35)32-25-17-22(14-15-26(25)41-29(3,4)5)23-8-6-7-9-24(23)28(30)33-34(31)18-39-40(36,37)38/h6-15,17,19H,16,18,31H2,1-5H3,(H2,30,33)(H,32,35)(H2,36,37,38). The molecule has 3 aromatic rings. The van der Waals surface area contributed by atoms with Gasteiger partial charge >= 0.3 is 7.82 Å². The molecule has 0 aromatic heterocycles. The first-order valence-corrected chi connectivity index (χ1v) is 15.3. The number of phosphoric acid groups is 1. The minimum absolute atomic E-state index is 0.0148. The number of carbonyl (C=O) groups excluding carboxylic acids is 1. The lowest BCUT2D eigenvalue weighted by Gasteiger charge is -2.21. The predicted molar refractivity (Wildman–Crippen MR) is 165 cm³/mol. The van der Waals surface area contributed by atoms with Gasteiger partial charge in [-0.25, -0.2) is 15.5 Å². The molecule has 12 heteroatoms. The lowest BCUT2D eigenvalue weighted by Crippen LogP contribution is -2.31. The summed E-state index contributed by atoms with van der Waals surface area (Å²) in [5.41, 5.74) is 11.1. The molecule has 0 aliphatic carbocycles. The number of amidine groups is 1. The quantitative estimate of drug-likeness (QED) is 0.0369. The zero-order valence-electron chi connectivity index (χ0n) is 23.9. The number of thioether (sulfide) groups is 1. The van der Waals surface area contributed by atoms with E-state index in [0.717, 1.165) is 21.6 Å². The molecule has 10 nitrogen and oxygen atoms in total. The molecular weight excluding hydrogens is 561 g/mol. The molecule has 0 atom stereocenters. The Morgan fingerprint density at radius 1 is 1.10 bits per heavy atom. The van der Waals surface area contributed by atoms with Crippen LogP contribution in [0, 0.1) is 0 Å². The summed E-state index contributed by atoms with van der Waals surface area (Å²) in [6, 6.07) is 21.1. The zero-order chi connectivity index (χ0) is 30.4. The van der Waals surface area contributed by atoms with Crippen molar-refractivity contribution in [2.75, 3.05) is 12.0 Å². The molecule has 0 spiro atoms. The van der Waals surface area contributed by atoms with E-state index in [0.29, 0.717) is 22.3 Å². The minimum atomic E-state index is -4.73. The van der Waals surface area contributed by atoms with Crippen LogP contribution in [0.15, 0.2) is 76.7 Å². The van der Waals surface area contributed by atoms with Gasteiger partial charge in [0.05, 0.1) is 12.1 Å². The molecule has 0 bridgehead atoms.